The molecular formula is C17H24N2OS. The summed E-state index contributed by atoms with van der Waals surface area (Å²) in [7, 11) is 0. The van der Waals surface area contributed by atoms with Crippen LogP contribution in [0.1, 0.15) is 36.5 Å². The molecule has 1 atom stereocenters. The maximum absolute atomic E-state index is 13.1. The molecule has 1 saturated carbocycles. The fraction of sp³-hybridized carbons (Fsp3) is 0.588. The van der Waals surface area contributed by atoms with Crippen molar-refractivity contribution in [2.75, 3.05) is 25.9 Å². The van der Waals surface area contributed by atoms with Gasteiger partial charge in [-0.15, -0.1) is 11.8 Å². The number of carbonyl (C=O) groups is 1. The third-order valence-electron chi connectivity index (χ3n) is 4.73. The van der Waals surface area contributed by atoms with Crippen LogP contribution in [0.3, 0.4) is 0 Å². The molecule has 2 aliphatic rings. The van der Waals surface area contributed by atoms with E-state index in [2.05, 4.69) is 17.1 Å². The molecule has 2 fully saturated rings. The quantitative estimate of drug-likeness (QED) is 0.849. The van der Waals surface area contributed by atoms with Crippen molar-refractivity contribution in [1.29, 1.82) is 0 Å². The minimum Gasteiger partial charge on any atom is -0.334 e. The van der Waals surface area contributed by atoms with Crippen LogP contribution in [0, 0.1) is 5.41 Å². The van der Waals surface area contributed by atoms with Gasteiger partial charge < -0.3 is 10.2 Å². The predicted octanol–water partition coefficient (Wildman–Crippen LogP) is 3.01. The number of thioether (sulfide) groups is 1. The maximum Gasteiger partial charge on any atom is 0.255 e. The van der Waals surface area contributed by atoms with E-state index in [1.807, 2.05) is 30.5 Å². The second-order valence-electron chi connectivity index (χ2n) is 6.59. The van der Waals surface area contributed by atoms with Crippen LogP contribution in [0.4, 0.5) is 0 Å². The first kappa shape index (κ1) is 14.9. The zero-order valence-electron chi connectivity index (χ0n) is 12.9. The maximum atomic E-state index is 13.1. The first-order chi connectivity index (χ1) is 10.1. The molecule has 114 valence electrons. The number of hydrogen-bond donors (Lipinski definition) is 1. The summed E-state index contributed by atoms with van der Waals surface area (Å²) < 4.78 is 0. The minimum atomic E-state index is 0.210. The highest BCUT2D eigenvalue weighted by atomic mass is 32.2. The fourth-order valence-corrected chi connectivity index (χ4v) is 3.62. The van der Waals surface area contributed by atoms with Crippen LogP contribution in [0.15, 0.2) is 29.2 Å². The minimum absolute atomic E-state index is 0.210. The molecule has 1 amide bonds. The molecular weight excluding hydrogens is 280 g/mol. The number of hydrogen-bond acceptors (Lipinski definition) is 3. The Labute approximate surface area is 131 Å². The Morgan fingerprint density at radius 1 is 1.43 bits per heavy atom. The van der Waals surface area contributed by atoms with Crippen molar-refractivity contribution >= 4 is 17.7 Å². The summed E-state index contributed by atoms with van der Waals surface area (Å²) in [4.78, 5) is 16.3. The van der Waals surface area contributed by atoms with Gasteiger partial charge in [0.1, 0.15) is 0 Å². The first-order valence-electron chi connectivity index (χ1n) is 7.78. The summed E-state index contributed by atoms with van der Waals surface area (Å²) in [5.74, 6) is 0.210. The van der Waals surface area contributed by atoms with E-state index in [9.17, 15) is 4.79 Å². The average molecular weight is 304 g/mol. The third-order valence-corrected chi connectivity index (χ3v) is 5.52. The van der Waals surface area contributed by atoms with Gasteiger partial charge in [-0.1, -0.05) is 19.1 Å². The number of benzene rings is 1. The van der Waals surface area contributed by atoms with Crippen LogP contribution in [0.2, 0.25) is 0 Å². The van der Waals surface area contributed by atoms with E-state index in [-0.39, 0.29) is 5.91 Å². The van der Waals surface area contributed by atoms with Crippen LogP contribution >= 0.6 is 11.8 Å². The van der Waals surface area contributed by atoms with Gasteiger partial charge >= 0.3 is 0 Å². The first-order valence-corrected chi connectivity index (χ1v) is 9.00. The molecule has 0 radical (unpaired) electrons. The highest BCUT2D eigenvalue weighted by Crippen LogP contribution is 2.46. The Balaban J connectivity index is 1.85. The van der Waals surface area contributed by atoms with Crippen molar-refractivity contribution in [1.82, 2.24) is 10.2 Å². The van der Waals surface area contributed by atoms with E-state index in [0.717, 1.165) is 36.5 Å². The van der Waals surface area contributed by atoms with Gasteiger partial charge in [-0.2, -0.15) is 0 Å². The van der Waals surface area contributed by atoms with Crippen LogP contribution in [-0.2, 0) is 0 Å². The van der Waals surface area contributed by atoms with E-state index < -0.39 is 0 Å². The van der Waals surface area contributed by atoms with Crippen LogP contribution < -0.4 is 5.32 Å². The largest absolute Gasteiger partial charge is 0.334 e. The molecule has 3 rings (SSSR count). The van der Waals surface area contributed by atoms with Crippen LogP contribution in [-0.4, -0.2) is 42.7 Å². The highest BCUT2D eigenvalue weighted by molar-refractivity contribution is 7.98. The van der Waals surface area contributed by atoms with Gasteiger partial charge in [-0.05, 0) is 49.6 Å². The average Bonchev–Trinajstić information content (AvgIpc) is 3.02. The lowest BCUT2D eigenvalue weighted by Gasteiger charge is -2.32. The van der Waals surface area contributed by atoms with Crippen LogP contribution in [0.25, 0.3) is 0 Å². The fourth-order valence-electron chi connectivity index (χ4n) is 3.03. The highest BCUT2D eigenvalue weighted by Gasteiger charge is 2.42. The summed E-state index contributed by atoms with van der Waals surface area (Å²) in [5, 5.41) is 3.39. The van der Waals surface area contributed by atoms with Gasteiger partial charge in [-0.25, -0.2) is 0 Å². The molecule has 21 heavy (non-hydrogen) atoms. The van der Waals surface area contributed by atoms with Gasteiger partial charge in [0.2, 0.25) is 0 Å². The van der Waals surface area contributed by atoms with Crippen molar-refractivity contribution in [2.24, 2.45) is 5.41 Å². The molecule has 1 unspecified atom stereocenters. The Morgan fingerprint density at radius 3 is 2.81 bits per heavy atom. The lowest BCUT2D eigenvalue weighted by molar-refractivity contribution is 0.0647. The second kappa shape index (κ2) is 6.01. The van der Waals surface area contributed by atoms with E-state index >= 15 is 0 Å². The van der Waals surface area contributed by atoms with E-state index in [0.29, 0.717) is 11.5 Å². The van der Waals surface area contributed by atoms with Crippen molar-refractivity contribution in [3.63, 3.8) is 0 Å². The van der Waals surface area contributed by atoms with Crippen molar-refractivity contribution in [3.05, 3.63) is 29.8 Å². The molecule has 0 aromatic heterocycles. The zero-order chi connectivity index (χ0) is 14.9. The van der Waals surface area contributed by atoms with Crippen molar-refractivity contribution in [3.8, 4) is 0 Å². The zero-order valence-corrected chi connectivity index (χ0v) is 13.7. The number of nitrogens with zero attached hydrogens (tertiary/aromatic N) is 1. The molecule has 1 aromatic rings. The lowest BCUT2D eigenvalue weighted by atomic mass is 10.1. The Morgan fingerprint density at radius 2 is 2.19 bits per heavy atom. The van der Waals surface area contributed by atoms with Gasteiger partial charge in [0, 0.05) is 24.0 Å². The molecule has 1 aliphatic carbocycles. The van der Waals surface area contributed by atoms with Gasteiger partial charge in [0.25, 0.3) is 5.91 Å². The van der Waals surface area contributed by atoms with Gasteiger partial charge in [-0.3, -0.25) is 4.79 Å². The molecule has 1 aliphatic heterocycles. The van der Waals surface area contributed by atoms with E-state index in [1.54, 1.807) is 11.8 Å². The summed E-state index contributed by atoms with van der Waals surface area (Å²) in [6, 6.07) is 8.34. The number of carbonyl (C=O) groups excluding carboxylic acids is 1. The van der Waals surface area contributed by atoms with Crippen LogP contribution in [0.5, 0.6) is 0 Å². The normalized spacial score (nSPS) is 23.0. The summed E-state index contributed by atoms with van der Waals surface area (Å²) in [5.41, 5.74) is 1.22. The SMILES string of the molecule is CSc1ccccc1C(=O)N(CC1(C)CC1)C1CCNC1. The Kier molecular flexibility index (Phi) is 4.27. The van der Waals surface area contributed by atoms with Gasteiger partial charge in [0.05, 0.1) is 5.56 Å². The monoisotopic (exact) mass is 304 g/mol. The van der Waals surface area contributed by atoms with Gasteiger partial charge in [0.15, 0.2) is 0 Å². The number of amides is 1. The second-order valence-corrected chi connectivity index (χ2v) is 7.44. The predicted molar refractivity (Wildman–Crippen MR) is 87.9 cm³/mol. The lowest BCUT2D eigenvalue weighted by Crippen LogP contribution is -2.44. The van der Waals surface area contributed by atoms with E-state index in [1.165, 1.54) is 12.8 Å². The molecule has 0 bridgehead atoms. The third kappa shape index (κ3) is 3.27. The standard InChI is InChI=1S/C17H24N2OS/c1-17(8-9-17)12-19(13-7-10-18-11-13)16(20)14-5-3-4-6-15(14)21-2/h3-6,13,18H,7-12H2,1-2H3. The molecule has 1 saturated heterocycles. The van der Waals surface area contributed by atoms with Crippen molar-refractivity contribution < 1.29 is 4.79 Å². The summed E-state index contributed by atoms with van der Waals surface area (Å²) >= 11 is 1.65. The Hall–Kier alpha value is -1.00. The molecule has 0 spiro atoms. The number of nitrogens with one attached hydrogen (secondary N) is 1. The molecule has 1 heterocycles. The van der Waals surface area contributed by atoms with Crippen molar-refractivity contribution in [2.45, 2.75) is 37.1 Å². The summed E-state index contributed by atoms with van der Waals surface area (Å²) in [6.07, 6.45) is 5.61. The molecule has 3 nitrogen and oxygen atoms in total. The smallest absolute Gasteiger partial charge is 0.255 e. The number of rotatable bonds is 5. The molecule has 4 heteroatoms. The summed E-state index contributed by atoms with van der Waals surface area (Å²) in [6.45, 7) is 5.16. The van der Waals surface area contributed by atoms with E-state index in [4.69, 9.17) is 0 Å². The topological polar surface area (TPSA) is 32.3 Å². The molecule has 1 N–H and O–H groups in total. The molecule has 1 aromatic carbocycles. The Bertz CT molecular complexity index is 521.